The number of rotatable bonds is 0. The Kier molecular flexibility index (Phi) is 0.856. The van der Waals surface area contributed by atoms with Crippen LogP contribution in [0.15, 0.2) is 6.20 Å². The van der Waals surface area contributed by atoms with Gasteiger partial charge in [0, 0.05) is 29.7 Å². The first kappa shape index (κ1) is 4.47. The van der Waals surface area contributed by atoms with Gasteiger partial charge in [-0.3, -0.25) is 0 Å². The first-order valence-electron chi connectivity index (χ1n) is 2.60. The number of fused-ring (bicyclic) bond motifs is 1. The van der Waals surface area contributed by atoms with Gasteiger partial charge in [-0.05, 0) is 11.5 Å². The zero-order valence-corrected chi connectivity index (χ0v) is 5.16. The maximum atomic E-state index is 4.05. The molecule has 1 aromatic heterocycles. The van der Waals surface area contributed by atoms with E-state index in [2.05, 4.69) is 9.69 Å². The molecule has 1 aliphatic rings. The minimum Gasteiger partial charge on any atom is -0.308 e. The van der Waals surface area contributed by atoms with E-state index in [0.717, 1.165) is 13.1 Å². The third kappa shape index (κ3) is 0.485. The average Bonchev–Trinajstić information content (AvgIpc) is 2.15. The highest BCUT2D eigenvalue weighted by atomic mass is 32.1. The van der Waals surface area contributed by atoms with Crippen LogP contribution in [0.2, 0.25) is 0 Å². The SMILES string of the molecule is c1nsc2c1CNC2. The Morgan fingerprint density at radius 3 is 3.50 bits per heavy atom. The molecule has 3 heteroatoms. The second-order valence-corrected chi connectivity index (χ2v) is 2.76. The van der Waals surface area contributed by atoms with Gasteiger partial charge in [0.2, 0.25) is 0 Å². The Morgan fingerprint density at radius 2 is 2.62 bits per heavy atom. The van der Waals surface area contributed by atoms with Gasteiger partial charge in [-0.1, -0.05) is 0 Å². The third-order valence-electron chi connectivity index (χ3n) is 1.33. The molecular formula is C5H6N2S. The van der Waals surface area contributed by atoms with Crippen LogP contribution in [-0.2, 0) is 13.1 Å². The smallest absolute Gasteiger partial charge is 0.0455 e. The second-order valence-electron chi connectivity index (χ2n) is 1.88. The molecular weight excluding hydrogens is 120 g/mol. The summed E-state index contributed by atoms with van der Waals surface area (Å²) >= 11 is 1.60. The highest BCUT2D eigenvalue weighted by Gasteiger charge is 2.10. The molecule has 0 aromatic carbocycles. The molecule has 2 nitrogen and oxygen atoms in total. The highest BCUT2D eigenvalue weighted by Crippen LogP contribution is 2.17. The van der Waals surface area contributed by atoms with Crippen molar-refractivity contribution in [2.24, 2.45) is 0 Å². The fourth-order valence-corrected chi connectivity index (χ4v) is 1.60. The molecule has 0 fully saturated rings. The maximum absolute atomic E-state index is 4.05. The largest absolute Gasteiger partial charge is 0.308 e. The molecule has 0 amide bonds. The van der Waals surface area contributed by atoms with Crippen LogP contribution in [0.3, 0.4) is 0 Å². The zero-order valence-electron chi connectivity index (χ0n) is 4.35. The Hall–Kier alpha value is -0.410. The van der Waals surface area contributed by atoms with Gasteiger partial charge in [0.1, 0.15) is 0 Å². The minimum atomic E-state index is 1.02. The molecule has 0 aliphatic carbocycles. The molecule has 2 heterocycles. The van der Waals surface area contributed by atoms with Crippen molar-refractivity contribution < 1.29 is 0 Å². The molecule has 0 saturated heterocycles. The summed E-state index contributed by atoms with van der Waals surface area (Å²) in [5.74, 6) is 0. The van der Waals surface area contributed by atoms with Crippen LogP contribution in [0.25, 0.3) is 0 Å². The van der Waals surface area contributed by atoms with Crippen molar-refractivity contribution >= 4 is 11.5 Å². The van der Waals surface area contributed by atoms with Gasteiger partial charge in [-0.25, -0.2) is 4.37 Å². The van der Waals surface area contributed by atoms with Gasteiger partial charge >= 0.3 is 0 Å². The van der Waals surface area contributed by atoms with Gasteiger partial charge in [0.15, 0.2) is 0 Å². The van der Waals surface area contributed by atoms with Crippen molar-refractivity contribution in [2.75, 3.05) is 0 Å². The monoisotopic (exact) mass is 126 g/mol. The summed E-state index contributed by atoms with van der Waals surface area (Å²) in [6, 6.07) is 0. The number of nitrogens with zero attached hydrogens (tertiary/aromatic N) is 1. The molecule has 0 radical (unpaired) electrons. The van der Waals surface area contributed by atoms with E-state index in [0.29, 0.717) is 0 Å². The minimum absolute atomic E-state index is 1.02. The van der Waals surface area contributed by atoms with Crippen molar-refractivity contribution in [3.05, 3.63) is 16.6 Å². The van der Waals surface area contributed by atoms with E-state index in [1.165, 1.54) is 10.4 Å². The normalized spacial score (nSPS) is 16.5. The Morgan fingerprint density at radius 1 is 1.62 bits per heavy atom. The van der Waals surface area contributed by atoms with Crippen molar-refractivity contribution in [2.45, 2.75) is 13.1 Å². The average molecular weight is 126 g/mol. The van der Waals surface area contributed by atoms with Crippen LogP contribution in [0.1, 0.15) is 10.4 Å². The van der Waals surface area contributed by atoms with Crippen LogP contribution >= 0.6 is 11.5 Å². The summed E-state index contributed by atoms with van der Waals surface area (Å²) in [5.41, 5.74) is 1.38. The summed E-state index contributed by atoms with van der Waals surface area (Å²) in [5, 5.41) is 3.24. The van der Waals surface area contributed by atoms with E-state index in [9.17, 15) is 0 Å². The van der Waals surface area contributed by atoms with E-state index in [1.54, 1.807) is 11.5 Å². The van der Waals surface area contributed by atoms with Gasteiger partial charge in [0.25, 0.3) is 0 Å². The molecule has 1 aromatic rings. The number of hydrogen-bond donors (Lipinski definition) is 1. The first-order valence-corrected chi connectivity index (χ1v) is 3.37. The highest BCUT2D eigenvalue weighted by molar-refractivity contribution is 7.05. The molecule has 0 bridgehead atoms. The predicted octanol–water partition coefficient (Wildman–Crippen LogP) is 0.746. The van der Waals surface area contributed by atoms with Crippen molar-refractivity contribution in [1.29, 1.82) is 0 Å². The molecule has 0 unspecified atom stereocenters. The number of hydrogen-bond acceptors (Lipinski definition) is 3. The number of nitrogens with one attached hydrogen (secondary N) is 1. The van der Waals surface area contributed by atoms with E-state index in [4.69, 9.17) is 0 Å². The quantitative estimate of drug-likeness (QED) is 0.554. The van der Waals surface area contributed by atoms with E-state index in [1.807, 2.05) is 6.20 Å². The lowest BCUT2D eigenvalue weighted by molar-refractivity contribution is 0.766. The summed E-state index contributed by atoms with van der Waals surface area (Å²) in [7, 11) is 0. The van der Waals surface area contributed by atoms with Crippen LogP contribution in [-0.4, -0.2) is 4.37 Å². The Labute approximate surface area is 51.7 Å². The lowest BCUT2D eigenvalue weighted by Gasteiger charge is -1.81. The van der Waals surface area contributed by atoms with Gasteiger partial charge < -0.3 is 5.32 Å². The maximum Gasteiger partial charge on any atom is 0.0455 e. The fourth-order valence-electron chi connectivity index (χ4n) is 0.885. The summed E-state index contributed by atoms with van der Waals surface area (Å²) < 4.78 is 4.05. The molecule has 1 aliphatic heterocycles. The summed E-state index contributed by atoms with van der Waals surface area (Å²) in [4.78, 5) is 1.41. The van der Waals surface area contributed by atoms with E-state index < -0.39 is 0 Å². The van der Waals surface area contributed by atoms with Gasteiger partial charge in [-0.15, -0.1) is 0 Å². The van der Waals surface area contributed by atoms with Crippen LogP contribution in [0.5, 0.6) is 0 Å². The third-order valence-corrected chi connectivity index (χ3v) is 2.17. The van der Waals surface area contributed by atoms with E-state index >= 15 is 0 Å². The zero-order chi connectivity index (χ0) is 5.40. The Balaban J connectivity index is 2.54. The molecule has 0 atom stereocenters. The van der Waals surface area contributed by atoms with Crippen LogP contribution in [0, 0.1) is 0 Å². The molecule has 1 N–H and O–H groups in total. The Bertz CT molecular complexity index is 176. The molecule has 2 rings (SSSR count). The predicted molar refractivity (Wildman–Crippen MR) is 32.7 cm³/mol. The topological polar surface area (TPSA) is 24.9 Å². The molecule has 0 spiro atoms. The summed E-state index contributed by atoms with van der Waals surface area (Å²) in [6.45, 7) is 2.05. The standard InChI is InChI=1S/C5H6N2S/c1-4-2-7-8-5(4)3-6-1/h2,6H,1,3H2. The fraction of sp³-hybridized carbons (Fsp3) is 0.400. The van der Waals surface area contributed by atoms with Crippen molar-refractivity contribution in [3.63, 3.8) is 0 Å². The van der Waals surface area contributed by atoms with Gasteiger partial charge in [-0.2, -0.15) is 0 Å². The lowest BCUT2D eigenvalue weighted by atomic mass is 10.3. The van der Waals surface area contributed by atoms with Gasteiger partial charge in [0.05, 0.1) is 0 Å². The van der Waals surface area contributed by atoms with Crippen LogP contribution < -0.4 is 5.32 Å². The van der Waals surface area contributed by atoms with Crippen LogP contribution in [0.4, 0.5) is 0 Å². The molecule has 42 valence electrons. The first-order chi connectivity index (χ1) is 3.97. The van der Waals surface area contributed by atoms with Crippen molar-refractivity contribution in [3.8, 4) is 0 Å². The second kappa shape index (κ2) is 1.53. The van der Waals surface area contributed by atoms with E-state index in [-0.39, 0.29) is 0 Å². The lowest BCUT2D eigenvalue weighted by Crippen LogP contribution is -2.00. The van der Waals surface area contributed by atoms with Crippen molar-refractivity contribution in [1.82, 2.24) is 9.69 Å². The summed E-state index contributed by atoms with van der Waals surface area (Å²) in [6.07, 6.45) is 1.94. The number of aromatic nitrogens is 1. The molecule has 0 saturated carbocycles. The molecule has 8 heavy (non-hydrogen) atoms.